The van der Waals surface area contributed by atoms with Crippen LogP contribution in [0.1, 0.15) is 31.2 Å². The number of amides is 1. The number of alkyl halides is 3. The van der Waals surface area contributed by atoms with Crippen molar-refractivity contribution < 1.29 is 22.7 Å². The number of halogens is 3. The number of carbonyl (C=O) groups excluding carboxylic acids is 1. The monoisotopic (exact) mass is 330 g/mol. The normalized spacial score (nSPS) is 21.2. The van der Waals surface area contributed by atoms with Gasteiger partial charge in [0.15, 0.2) is 6.61 Å². The van der Waals surface area contributed by atoms with Crippen LogP contribution in [0.5, 0.6) is 5.75 Å². The van der Waals surface area contributed by atoms with E-state index in [1.165, 1.54) is 12.1 Å². The van der Waals surface area contributed by atoms with Crippen molar-refractivity contribution in [3.8, 4) is 5.75 Å². The molecule has 1 amide bonds. The summed E-state index contributed by atoms with van der Waals surface area (Å²) in [5.74, 6) is 0.261. The van der Waals surface area contributed by atoms with Crippen molar-refractivity contribution in [2.75, 3.05) is 6.61 Å². The van der Waals surface area contributed by atoms with E-state index < -0.39 is 12.8 Å². The fourth-order valence-electron chi connectivity index (χ4n) is 2.74. The Bertz CT molecular complexity index is 534. The molecule has 0 bridgehead atoms. The molecule has 2 rings (SSSR count). The molecule has 2 atom stereocenters. The standard InChI is InChI=1S/C16H21F3N2O2/c17-16(18,19)10-23-13-5-1-3-11(7-13)9-21-15(22)8-12-4-2-6-14(12)20/h1,3,5,7,12,14H,2,4,6,8-10,20H2,(H,21,22)/t12-,14+/m0/s1. The zero-order chi connectivity index (χ0) is 16.9. The first-order chi connectivity index (χ1) is 10.8. The maximum absolute atomic E-state index is 12.1. The molecule has 7 heteroatoms. The number of carbonyl (C=O) groups is 1. The minimum Gasteiger partial charge on any atom is -0.484 e. The molecule has 0 unspecified atom stereocenters. The molecular weight excluding hydrogens is 309 g/mol. The SMILES string of the molecule is N[C@@H]1CCC[C@H]1CC(=O)NCc1cccc(OCC(F)(F)F)c1. The fraction of sp³-hybridized carbons (Fsp3) is 0.562. The Morgan fingerprint density at radius 2 is 2.13 bits per heavy atom. The highest BCUT2D eigenvalue weighted by molar-refractivity contribution is 5.76. The van der Waals surface area contributed by atoms with E-state index in [9.17, 15) is 18.0 Å². The second-order valence-electron chi connectivity index (χ2n) is 5.89. The van der Waals surface area contributed by atoms with Crippen molar-refractivity contribution in [1.29, 1.82) is 0 Å². The summed E-state index contributed by atoms with van der Waals surface area (Å²) in [5.41, 5.74) is 6.62. The van der Waals surface area contributed by atoms with Crippen LogP contribution in [0.25, 0.3) is 0 Å². The van der Waals surface area contributed by atoms with Crippen molar-refractivity contribution in [3.63, 3.8) is 0 Å². The van der Waals surface area contributed by atoms with Crippen LogP contribution < -0.4 is 15.8 Å². The molecule has 1 aliphatic carbocycles. The smallest absolute Gasteiger partial charge is 0.422 e. The van der Waals surface area contributed by atoms with E-state index in [0.717, 1.165) is 19.3 Å². The van der Waals surface area contributed by atoms with Crippen LogP contribution in [0.4, 0.5) is 13.2 Å². The van der Waals surface area contributed by atoms with E-state index in [0.29, 0.717) is 12.0 Å². The van der Waals surface area contributed by atoms with Crippen LogP contribution in [0.3, 0.4) is 0 Å². The lowest BCUT2D eigenvalue weighted by Gasteiger charge is -2.15. The minimum atomic E-state index is -4.37. The largest absolute Gasteiger partial charge is 0.484 e. The molecule has 0 heterocycles. The summed E-state index contributed by atoms with van der Waals surface area (Å²) in [6.45, 7) is -1.08. The third kappa shape index (κ3) is 6.09. The van der Waals surface area contributed by atoms with E-state index in [1.54, 1.807) is 12.1 Å². The molecule has 3 N–H and O–H groups in total. The summed E-state index contributed by atoms with van der Waals surface area (Å²) in [6, 6.07) is 6.35. The van der Waals surface area contributed by atoms with Gasteiger partial charge in [-0.15, -0.1) is 0 Å². The van der Waals surface area contributed by atoms with E-state index in [-0.39, 0.29) is 30.2 Å². The number of hydrogen-bond donors (Lipinski definition) is 2. The van der Waals surface area contributed by atoms with Gasteiger partial charge in [-0.3, -0.25) is 4.79 Å². The van der Waals surface area contributed by atoms with Crippen molar-refractivity contribution in [2.45, 2.75) is 44.4 Å². The average molecular weight is 330 g/mol. The lowest BCUT2D eigenvalue weighted by molar-refractivity contribution is -0.153. The Kier molecular flexibility index (Phi) is 5.87. The van der Waals surface area contributed by atoms with Gasteiger partial charge in [-0.25, -0.2) is 0 Å². The number of rotatable bonds is 6. The van der Waals surface area contributed by atoms with Gasteiger partial charge in [0.1, 0.15) is 5.75 Å². The molecule has 1 fully saturated rings. The molecule has 1 saturated carbocycles. The molecule has 1 aromatic rings. The Balaban J connectivity index is 1.79. The number of nitrogens with one attached hydrogen (secondary N) is 1. The average Bonchev–Trinajstić information content (AvgIpc) is 2.88. The first-order valence-electron chi connectivity index (χ1n) is 7.64. The molecule has 4 nitrogen and oxygen atoms in total. The van der Waals surface area contributed by atoms with Gasteiger partial charge < -0.3 is 15.8 Å². The van der Waals surface area contributed by atoms with Crippen LogP contribution in [0, 0.1) is 5.92 Å². The number of nitrogens with two attached hydrogens (primary N) is 1. The number of benzene rings is 1. The van der Waals surface area contributed by atoms with Gasteiger partial charge in [0, 0.05) is 19.0 Å². The van der Waals surface area contributed by atoms with Gasteiger partial charge in [-0.1, -0.05) is 18.6 Å². The fourth-order valence-corrected chi connectivity index (χ4v) is 2.74. The highest BCUT2D eigenvalue weighted by Gasteiger charge is 2.28. The van der Waals surface area contributed by atoms with Crippen LogP contribution in [-0.4, -0.2) is 24.7 Å². The molecule has 0 aromatic heterocycles. The van der Waals surface area contributed by atoms with Gasteiger partial charge in [0.05, 0.1) is 0 Å². The number of hydrogen-bond acceptors (Lipinski definition) is 3. The van der Waals surface area contributed by atoms with E-state index in [2.05, 4.69) is 10.1 Å². The van der Waals surface area contributed by atoms with Crippen LogP contribution in [0.2, 0.25) is 0 Å². The molecular formula is C16H21F3N2O2. The minimum absolute atomic E-state index is 0.0832. The number of ether oxygens (including phenoxy) is 1. The molecule has 0 radical (unpaired) electrons. The molecule has 23 heavy (non-hydrogen) atoms. The summed E-state index contributed by atoms with van der Waals surface area (Å²) in [7, 11) is 0. The highest BCUT2D eigenvalue weighted by Crippen LogP contribution is 2.26. The van der Waals surface area contributed by atoms with Crippen molar-refractivity contribution in [1.82, 2.24) is 5.32 Å². The molecule has 1 aliphatic rings. The van der Waals surface area contributed by atoms with E-state index in [4.69, 9.17) is 5.73 Å². The highest BCUT2D eigenvalue weighted by atomic mass is 19.4. The van der Waals surface area contributed by atoms with Crippen LogP contribution in [0.15, 0.2) is 24.3 Å². The molecule has 128 valence electrons. The van der Waals surface area contributed by atoms with Crippen molar-refractivity contribution in [2.24, 2.45) is 11.7 Å². The predicted molar refractivity (Wildman–Crippen MR) is 79.8 cm³/mol. The van der Waals surface area contributed by atoms with Crippen LogP contribution in [-0.2, 0) is 11.3 Å². The Hall–Kier alpha value is -1.76. The molecule has 0 spiro atoms. The van der Waals surface area contributed by atoms with Gasteiger partial charge in [-0.05, 0) is 36.5 Å². The Labute approximate surface area is 133 Å². The van der Waals surface area contributed by atoms with Gasteiger partial charge in [0.2, 0.25) is 5.91 Å². The molecule has 1 aromatic carbocycles. The zero-order valence-electron chi connectivity index (χ0n) is 12.7. The molecule has 0 aliphatic heterocycles. The van der Waals surface area contributed by atoms with Crippen molar-refractivity contribution in [3.05, 3.63) is 29.8 Å². The Morgan fingerprint density at radius 3 is 2.78 bits per heavy atom. The predicted octanol–water partition coefficient (Wildman–Crippen LogP) is 2.76. The maximum atomic E-state index is 12.1. The lowest BCUT2D eigenvalue weighted by Crippen LogP contribution is -2.31. The summed E-state index contributed by atoms with van der Waals surface area (Å²) in [5, 5.41) is 2.77. The quantitative estimate of drug-likeness (QED) is 0.843. The third-order valence-corrected chi connectivity index (χ3v) is 3.96. The first-order valence-corrected chi connectivity index (χ1v) is 7.64. The summed E-state index contributed by atoms with van der Waals surface area (Å²) in [6.07, 6.45) is -1.00. The van der Waals surface area contributed by atoms with Gasteiger partial charge in [0.25, 0.3) is 0 Å². The second kappa shape index (κ2) is 7.68. The lowest BCUT2D eigenvalue weighted by atomic mass is 10.00. The topological polar surface area (TPSA) is 64.4 Å². The summed E-state index contributed by atoms with van der Waals surface area (Å²) < 4.78 is 41.1. The van der Waals surface area contributed by atoms with E-state index >= 15 is 0 Å². The summed E-state index contributed by atoms with van der Waals surface area (Å²) >= 11 is 0. The van der Waals surface area contributed by atoms with Crippen LogP contribution >= 0.6 is 0 Å². The third-order valence-electron chi connectivity index (χ3n) is 3.96. The Morgan fingerprint density at radius 1 is 1.35 bits per heavy atom. The van der Waals surface area contributed by atoms with E-state index in [1.807, 2.05) is 0 Å². The van der Waals surface area contributed by atoms with Crippen molar-refractivity contribution >= 4 is 5.91 Å². The second-order valence-corrected chi connectivity index (χ2v) is 5.89. The van der Waals surface area contributed by atoms with Gasteiger partial charge in [-0.2, -0.15) is 13.2 Å². The zero-order valence-corrected chi connectivity index (χ0v) is 12.7. The maximum Gasteiger partial charge on any atom is 0.422 e. The first kappa shape index (κ1) is 17.6. The summed E-state index contributed by atoms with van der Waals surface area (Å²) in [4.78, 5) is 11.9. The van der Waals surface area contributed by atoms with Gasteiger partial charge >= 0.3 is 6.18 Å². The molecule has 0 saturated heterocycles.